The Morgan fingerprint density at radius 3 is 2.72 bits per heavy atom. The minimum absolute atomic E-state index is 0.408. The zero-order valence-corrected chi connectivity index (χ0v) is 17.7. The van der Waals surface area contributed by atoms with Gasteiger partial charge in [-0.15, -0.1) is 0 Å². The molecule has 1 aliphatic carbocycles. The normalized spacial score (nSPS) is 15.0. The number of benzene rings is 1. The third kappa shape index (κ3) is 4.27. The van der Waals surface area contributed by atoms with Gasteiger partial charge in [0.05, 0.1) is 19.1 Å². The van der Waals surface area contributed by atoms with E-state index < -0.39 is 0 Å². The fourth-order valence-corrected chi connectivity index (χ4v) is 5.01. The molecular weight excluding hydrogens is 386 g/mol. The van der Waals surface area contributed by atoms with Crippen molar-refractivity contribution in [1.82, 2.24) is 19.5 Å². The van der Waals surface area contributed by atoms with Gasteiger partial charge in [-0.3, -0.25) is 0 Å². The summed E-state index contributed by atoms with van der Waals surface area (Å²) < 4.78 is 13.1. The van der Waals surface area contributed by atoms with E-state index in [4.69, 9.17) is 20.2 Å². The number of nitrogens with zero attached hydrogens (tertiary/aromatic N) is 4. The summed E-state index contributed by atoms with van der Waals surface area (Å²) in [4.78, 5) is 14.3. The highest BCUT2D eigenvalue weighted by atomic mass is 32.2. The van der Waals surface area contributed by atoms with Crippen LogP contribution in [0.2, 0.25) is 0 Å². The van der Waals surface area contributed by atoms with Gasteiger partial charge in [-0.05, 0) is 42.3 Å². The molecule has 2 N–H and O–H groups in total. The van der Waals surface area contributed by atoms with Crippen LogP contribution in [0.25, 0.3) is 11.2 Å². The number of methoxy groups -OCH3 is 2. The minimum Gasteiger partial charge on any atom is -0.497 e. The fourth-order valence-electron chi connectivity index (χ4n) is 3.96. The number of aromatic nitrogens is 4. The van der Waals surface area contributed by atoms with E-state index in [2.05, 4.69) is 14.5 Å². The van der Waals surface area contributed by atoms with Gasteiger partial charge in [-0.2, -0.15) is 0 Å². The predicted octanol–water partition coefficient (Wildman–Crippen LogP) is 4.55. The van der Waals surface area contributed by atoms with Crippen molar-refractivity contribution in [3.05, 3.63) is 24.5 Å². The number of hydrogen-bond donors (Lipinski definition) is 1. The largest absolute Gasteiger partial charge is 0.497 e. The first-order valence-corrected chi connectivity index (χ1v) is 10.9. The smallest absolute Gasteiger partial charge is 0.175 e. The van der Waals surface area contributed by atoms with Crippen molar-refractivity contribution in [2.75, 3.05) is 20.0 Å². The molecule has 7 nitrogen and oxygen atoms in total. The highest BCUT2D eigenvalue weighted by Gasteiger charge is 2.20. The molecular formula is C21H27N5O2S. The lowest BCUT2D eigenvalue weighted by Gasteiger charge is -2.22. The van der Waals surface area contributed by atoms with Crippen LogP contribution < -0.4 is 15.2 Å². The molecule has 154 valence electrons. The lowest BCUT2D eigenvalue weighted by molar-refractivity contribution is 0.322. The Kier molecular flexibility index (Phi) is 6.08. The van der Waals surface area contributed by atoms with Gasteiger partial charge >= 0.3 is 0 Å². The van der Waals surface area contributed by atoms with Gasteiger partial charge in [0, 0.05) is 6.54 Å². The van der Waals surface area contributed by atoms with Crippen LogP contribution in [0, 0.1) is 5.92 Å². The molecule has 2 aromatic heterocycles. The molecule has 1 aliphatic rings. The third-order valence-electron chi connectivity index (χ3n) is 5.58. The third-order valence-corrected chi connectivity index (χ3v) is 6.62. The molecule has 0 saturated heterocycles. The van der Waals surface area contributed by atoms with E-state index in [-0.39, 0.29) is 0 Å². The van der Waals surface area contributed by atoms with E-state index in [1.807, 2.05) is 18.2 Å². The summed E-state index contributed by atoms with van der Waals surface area (Å²) in [5.74, 6) is 2.73. The Labute approximate surface area is 175 Å². The first kappa shape index (κ1) is 19.8. The second-order valence-electron chi connectivity index (χ2n) is 7.39. The molecule has 1 fully saturated rings. The van der Waals surface area contributed by atoms with Crippen molar-refractivity contribution < 1.29 is 9.47 Å². The Hall–Kier alpha value is -2.48. The fraction of sp³-hybridized carbons (Fsp3) is 0.476. The average molecular weight is 414 g/mol. The maximum Gasteiger partial charge on any atom is 0.175 e. The molecule has 1 aromatic carbocycles. The van der Waals surface area contributed by atoms with Gasteiger partial charge in [0.15, 0.2) is 22.1 Å². The number of anilines is 1. The molecule has 8 heteroatoms. The van der Waals surface area contributed by atoms with Gasteiger partial charge in [-0.25, -0.2) is 15.0 Å². The van der Waals surface area contributed by atoms with Crippen LogP contribution in [-0.4, -0.2) is 33.7 Å². The van der Waals surface area contributed by atoms with Crippen LogP contribution in [0.1, 0.15) is 38.5 Å². The topological polar surface area (TPSA) is 88.1 Å². The highest BCUT2D eigenvalue weighted by molar-refractivity contribution is 7.99. The molecule has 0 bridgehead atoms. The average Bonchev–Trinajstić information content (AvgIpc) is 3.11. The zero-order valence-electron chi connectivity index (χ0n) is 16.9. The van der Waals surface area contributed by atoms with Crippen molar-refractivity contribution in [3.8, 4) is 11.5 Å². The molecule has 4 rings (SSSR count). The van der Waals surface area contributed by atoms with Gasteiger partial charge in [0.25, 0.3) is 0 Å². The van der Waals surface area contributed by atoms with Crippen molar-refractivity contribution in [2.45, 2.75) is 55.1 Å². The summed E-state index contributed by atoms with van der Waals surface area (Å²) in [6.45, 7) is 0.867. The first-order chi connectivity index (χ1) is 14.2. The Morgan fingerprint density at radius 2 is 1.97 bits per heavy atom. The summed E-state index contributed by atoms with van der Waals surface area (Å²) in [6.07, 6.45) is 9.31. The lowest BCUT2D eigenvalue weighted by atomic mass is 9.87. The van der Waals surface area contributed by atoms with Crippen molar-refractivity contribution >= 4 is 28.7 Å². The second-order valence-corrected chi connectivity index (χ2v) is 8.40. The van der Waals surface area contributed by atoms with Crippen LogP contribution in [0.15, 0.2) is 34.6 Å². The molecule has 0 atom stereocenters. The maximum atomic E-state index is 6.09. The lowest BCUT2D eigenvalue weighted by Crippen LogP contribution is -2.11. The maximum absolute atomic E-state index is 6.09. The molecule has 1 saturated carbocycles. The highest BCUT2D eigenvalue weighted by Crippen LogP contribution is 2.39. The van der Waals surface area contributed by atoms with E-state index >= 15 is 0 Å². The number of hydrogen-bond acceptors (Lipinski definition) is 7. The van der Waals surface area contributed by atoms with Crippen LogP contribution >= 0.6 is 11.8 Å². The van der Waals surface area contributed by atoms with E-state index in [0.717, 1.165) is 46.1 Å². The van der Waals surface area contributed by atoms with E-state index in [1.165, 1.54) is 50.2 Å². The minimum atomic E-state index is 0.408. The summed E-state index contributed by atoms with van der Waals surface area (Å²) in [5.41, 5.74) is 7.53. The van der Waals surface area contributed by atoms with Gasteiger partial charge in [0.2, 0.25) is 0 Å². The van der Waals surface area contributed by atoms with Crippen LogP contribution in [-0.2, 0) is 6.54 Å². The Balaban J connectivity index is 1.68. The van der Waals surface area contributed by atoms with Crippen molar-refractivity contribution in [1.29, 1.82) is 0 Å². The van der Waals surface area contributed by atoms with Crippen LogP contribution in [0.4, 0.5) is 5.82 Å². The molecule has 29 heavy (non-hydrogen) atoms. The summed E-state index contributed by atoms with van der Waals surface area (Å²) >= 11 is 1.54. The number of imidazole rings is 1. The molecule has 0 unspecified atom stereocenters. The molecule has 3 aromatic rings. The summed E-state index contributed by atoms with van der Waals surface area (Å²) in [7, 11) is 3.33. The van der Waals surface area contributed by atoms with Crippen LogP contribution in [0.3, 0.4) is 0 Å². The number of fused-ring (bicyclic) bond motifs is 1. The van der Waals surface area contributed by atoms with E-state index in [9.17, 15) is 0 Å². The van der Waals surface area contributed by atoms with Gasteiger partial charge in [-0.1, -0.05) is 32.1 Å². The van der Waals surface area contributed by atoms with Gasteiger partial charge < -0.3 is 19.8 Å². The number of nitrogens with two attached hydrogens (primary N) is 1. The van der Waals surface area contributed by atoms with Crippen LogP contribution in [0.5, 0.6) is 11.5 Å². The number of nitrogen functional groups attached to an aromatic ring is 1. The number of aryl methyl sites for hydroxylation is 1. The first-order valence-electron chi connectivity index (χ1n) is 10.1. The van der Waals surface area contributed by atoms with Gasteiger partial charge in [0.1, 0.15) is 17.8 Å². The monoisotopic (exact) mass is 413 g/mol. The van der Waals surface area contributed by atoms with Crippen molar-refractivity contribution in [2.24, 2.45) is 5.92 Å². The van der Waals surface area contributed by atoms with E-state index in [1.54, 1.807) is 14.2 Å². The molecule has 0 radical (unpaired) electrons. The standard InChI is InChI=1S/C21H27N5O2S/c1-27-15-8-9-16(28-2)17(12-15)29-21-25-18-19(22)23-13-24-20(18)26(21)11-10-14-6-4-3-5-7-14/h8-9,12-14H,3-7,10-11H2,1-2H3,(H2,22,23,24). The molecule has 2 heterocycles. The van der Waals surface area contributed by atoms with E-state index in [0.29, 0.717) is 11.3 Å². The SMILES string of the molecule is COc1ccc(OC)c(Sc2nc3c(N)ncnc3n2CCC2CCCCC2)c1. The zero-order chi connectivity index (χ0) is 20.2. The number of rotatable bonds is 7. The Morgan fingerprint density at radius 1 is 1.14 bits per heavy atom. The summed E-state index contributed by atoms with van der Waals surface area (Å²) in [5, 5.41) is 0.842. The summed E-state index contributed by atoms with van der Waals surface area (Å²) in [6, 6.07) is 5.76. The molecule has 0 aliphatic heterocycles. The second kappa shape index (κ2) is 8.90. The predicted molar refractivity (Wildman–Crippen MR) is 115 cm³/mol. The van der Waals surface area contributed by atoms with Crippen molar-refractivity contribution in [3.63, 3.8) is 0 Å². The quantitative estimate of drug-likeness (QED) is 0.608. The Bertz CT molecular complexity index is 985. The molecule has 0 spiro atoms. The number of ether oxygens (including phenoxy) is 2. The molecule has 0 amide bonds.